The van der Waals surface area contributed by atoms with Crippen LogP contribution in [-0.2, 0) is 10.0 Å². The van der Waals surface area contributed by atoms with Gasteiger partial charge in [0.25, 0.3) is 10.0 Å². The van der Waals surface area contributed by atoms with Gasteiger partial charge in [-0.3, -0.25) is 4.79 Å². The van der Waals surface area contributed by atoms with E-state index in [1.165, 1.54) is 0 Å². The lowest BCUT2D eigenvalue weighted by Gasteiger charge is -2.25. The number of H-pyrrole nitrogens is 1. The highest BCUT2D eigenvalue weighted by atomic mass is 32.2. The van der Waals surface area contributed by atoms with Crippen molar-refractivity contribution in [2.45, 2.75) is 30.0 Å². The van der Waals surface area contributed by atoms with Gasteiger partial charge < -0.3 is 9.88 Å². The fraction of sp³-hybridized carbons (Fsp3) is 0.727. The Bertz CT molecular complexity index is 603. The zero-order chi connectivity index (χ0) is 14.2. The van der Waals surface area contributed by atoms with Gasteiger partial charge in [0.1, 0.15) is 0 Å². The summed E-state index contributed by atoms with van der Waals surface area (Å²) in [7, 11) is 0.318. The molecule has 1 fully saturated rings. The molecular weight excluding hydrogens is 286 g/mol. The number of nitrogens with one attached hydrogen (secondary N) is 1. The summed E-state index contributed by atoms with van der Waals surface area (Å²) in [6.07, 6.45) is 1.74. The first-order valence-electron chi connectivity index (χ1n) is 6.18. The minimum absolute atomic E-state index is 0.00315. The molecule has 0 aromatic carbocycles. The van der Waals surface area contributed by atoms with Crippen LogP contribution < -0.4 is 4.87 Å². The molecule has 19 heavy (non-hydrogen) atoms. The van der Waals surface area contributed by atoms with Gasteiger partial charge in [-0.15, -0.1) is 0 Å². The Labute approximate surface area is 117 Å². The molecule has 108 valence electrons. The number of hydrogen-bond acceptors (Lipinski definition) is 5. The number of hydrogen-bond donors (Lipinski definition) is 1. The van der Waals surface area contributed by atoms with Crippen molar-refractivity contribution in [2.75, 3.05) is 27.2 Å². The van der Waals surface area contributed by atoms with Crippen molar-refractivity contribution in [3.63, 3.8) is 0 Å². The summed E-state index contributed by atoms with van der Waals surface area (Å²) in [6.45, 7) is 2.87. The number of aryl methyl sites for hydroxylation is 1. The Balaban J connectivity index is 2.34. The maximum Gasteiger partial charge on any atom is 0.305 e. The van der Waals surface area contributed by atoms with Gasteiger partial charge in [0.15, 0.2) is 4.21 Å². The predicted molar refractivity (Wildman–Crippen MR) is 75.1 cm³/mol. The van der Waals surface area contributed by atoms with Gasteiger partial charge in [-0.25, -0.2) is 8.42 Å². The molecule has 0 spiro atoms. The van der Waals surface area contributed by atoms with Gasteiger partial charge in [0.05, 0.1) is 0 Å². The zero-order valence-corrected chi connectivity index (χ0v) is 13.0. The highest BCUT2D eigenvalue weighted by molar-refractivity contribution is 7.91. The average Bonchev–Trinajstić information content (AvgIpc) is 2.84. The molecule has 6 nitrogen and oxygen atoms in total. The second-order valence-corrected chi connectivity index (χ2v) is 8.17. The first-order valence-corrected chi connectivity index (χ1v) is 8.44. The van der Waals surface area contributed by atoms with Crippen LogP contribution in [0.15, 0.2) is 9.00 Å². The highest BCUT2D eigenvalue weighted by Gasteiger charge is 2.37. The Kier molecular flexibility index (Phi) is 4.14. The van der Waals surface area contributed by atoms with Crippen molar-refractivity contribution in [3.05, 3.63) is 15.4 Å². The number of rotatable bonds is 4. The third kappa shape index (κ3) is 2.91. The maximum absolute atomic E-state index is 12.6. The number of aromatic nitrogens is 1. The molecule has 8 heteroatoms. The summed E-state index contributed by atoms with van der Waals surface area (Å²) in [6, 6.07) is -0.00315. The molecule has 0 radical (unpaired) electrons. The molecule has 1 aromatic rings. The summed E-state index contributed by atoms with van der Waals surface area (Å²) in [5.74, 6) is 0. The second-order valence-electron chi connectivity index (χ2n) is 5.10. The topological polar surface area (TPSA) is 73.5 Å². The molecule has 1 aromatic heterocycles. The summed E-state index contributed by atoms with van der Waals surface area (Å²) >= 11 is 0.775. The van der Waals surface area contributed by atoms with E-state index in [1.807, 2.05) is 19.0 Å². The first kappa shape index (κ1) is 14.7. The van der Waals surface area contributed by atoms with Gasteiger partial charge in [-0.05, 0) is 33.9 Å². The van der Waals surface area contributed by atoms with E-state index in [1.54, 1.807) is 11.2 Å². The zero-order valence-electron chi connectivity index (χ0n) is 11.3. The van der Waals surface area contributed by atoms with E-state index in [9.17, 15) is 13.2 Å². The van der Waals surface area contributed by atoms with Crippen LogP contribution in [-0.4, -0.2) is 55.8 Å². The Morgan fingerprint density at radius 3 is 2.68 bits per heavy atom. The SMILES string of the molecule is Cc1[nH]c(=O)sc1S(=O)(=O)N1CCCC1CN(C)C. The van der Waals surface area contributed by atoms with Gasteiger partial charge in [0, 0.05) is 24.8 Å². The maximum atomic E-state index is 12.6. The van der Waals surface area contributed by atoms with Crippen LogP contribution in [0.2, 0.25) is 0 Å². The quantitative estimate of drug-likeness (QED) is 0.877. The van der Waals surface area contributed by atoms with Gasteiger partial charge >= 0.3 is 4.87 Å². The minimum Gasteiger partial charge on any atom is -0.315 e. The van der Waals surface area contributed by atoms with E-state index in [4.69, 9.17) is 0 Å². The van der Waals surface area contributed by atoms with Crippen LogP contribution in [0.4, 0.5) is 0 Å². The van der Waals surface area contributed by atoms with Gasteiger partial charge in [-0.1, -0.05) is 11.3 Å². The summed E-state index contributed by atoms with van der Waals surface area (Å²) in [5.41, 5.74) is 0.436. The van der Waals surface area contributed by atoms with Crippen molar-refractivity contribution in [1.82, 2.24) is 14.2 Å². The normalized spacial score (nSPS) is 21.4. The number of thiazole rings is 1. The number of aromatic amines is 1. The van der Waals surface area contributed by atoms with Crippen molar-refractivity contribution in [3.8, 4) is 0 Å². The Morgan fingerprint density at radius 1 is 1.47 bits per heavy atom. The number of likely N-dealkylation sites (N-methyl/N-ethyl adjacent to an activating group) is 1. The van der Waals surface area contributed by atoms with Crippen LogP contribution in [0.25, 0.3) is 0 Å². The lowest BCUT2D eigenvalue weighted by Crippen LogP contribution is -2.41. The van der Waals surface area contributed by atoms with Crippen LogP contribution >= 0.6 is 11.3 Å². The van der Waals surface area contributed by atoms with Gasteiger partial charge in [0.2, 0.25) is 0 Å². The van der Waals surface area contributed by atoms with E-state index in [2.05, 4.69) is 4.98 Å². The van der Waals surface area contributed by atoms with E-state index in [0.29, 0.717) is 18.8 Å². The molecule has 1 saturated heterocycles. The lowest BCUT2D eigenvalue weighted by atomic mass is 10.2. The second kappa shape index (κ2) is 5.35. The summed E-state index contributed by atoms with van der Waals surface area (Å²) in [4.78, 5) is 15.5. The molecule has 0 saturated carbocycles. The van der Waals surface area contributed by atoms with Crippen molar-refractivity contribution in [1.29, 1.82) is 0 Å². The molecular formula is C11H19N3O3S2. The fourth-order valence-electron chi connectivity index (χ4n) is 2.47. The monoisotopic (exact) mass is 305 g/mol. The molecule has 1 aliphatic rings. The molecule has 2 rings (SSSR count). The summed E-state index contributed by atoms with van der Waals surface area (Å²) < 4.78 is 26.9. The van der Waals surface area contributed by atoms with Crippen LogP contribution in [0.1, 0.15) is 18.5 Å². The summed E-state index contributed by atoms with van der Waals surface area (Å²) in [5, 5.41) is 0. The smallest absolute Gasteiger partial charge is 0.305 e. The first-order chi connectivity index (χ1) is 8.82. The minimum atomic E-state index is -3.55. The standard InChI is InChI=1S/C11H19N3O3S2/c1-8-10(18-11(15)12-8)19(16,17)14-6-4-5-9(14)7-13(2)3/h9H,4-7H2,1-3H3,(H,12,15). The molecule has 1 aliphatic heterocycles. The molecule has 0 amide bonds. The van der Waals surface area contributed by atoms with Crippen LogP contribution in [0, 0.1) is 6.92 Å². The van der Waals surface area contributed by atoms with E-state index < -0.39 is 10.0 Å². The van der Waals surface area contributed by atoms with E-state index in [-0.39, 0.29) is 15.1 Å². The van der Waals surface area contributed by atoms with E-state index >= 15 is 0 Å². The third-order valence-electron chi connectivity index (χ3n) is 3.22. The van der Waals surface area contributed by atoms with Crippen molar-refractivity contribution < 1.29 is 8.42 Å². The molecule has 1 N–H and O–H groups in total. The van der Waals surface area contributed by atoms with E-state index in [0.717, 1.165) is 24.2 Å². The molecule has 0 aliphatic carbocycles. The van der Waals surface area contributed by atoms with Gasteiger partial charge in [-0.2, -0.15) is 4.31 Å². The number of sulfonamides is 1. The third-order valence-corrected chi connectivity index (χ3v) is 6.76. The molecule has 1 unspecified atom stereocenters. The molecule has 0 bridgehead atoms. The van der Waals surface area contributed by atoms with Crippen molar-refractivity contribution in [2.24, 2.45) is 0 Å². The largest absolute Gasteiger partial charge is 0.315 e. The van der Waals surface area contributed by atoms with Crippen LogP contribution in [0.5, 0.6) is 0 Å². The predicted octanol–water partition coefficient (Wildman–Crippen LogP) is 0.460. The lowest BCUT2D eigenvalue weighted by molar-refractivity contribution is 0.291. The Hall–Kier alpha value is -0.700. The average molecular weight is 305 g/mol. The van der Waals surface area contributed by atoms with Crippen LogP contribution in [0.3, 0.4) is 0 Å². The molecule has 1 atom stereocenters. The Morgan fingerprint density at radius 2 is 2.16 bits per heavy atom. The van der Waals surface area contributed by atoms with Crippen molar-refractivity contribution >= 4 is 21.4 Å². The number of nitrogens with zero attached hydrogens (tertiary/aromatic N) is 2. The molecule has 2 heterocycles. The fourth-order valence-corrected chi connectivity index (χ4v) is 5.57. The highest BCUT2D eigenvalue weighted by Crippen LogP contribution is 2.28.